The lowest BCUT2D eigenvalue weighted by Gasteiger charge is -2.17. The highest BCUT2D eigenvalue weighted by molar-refractivity contribution is 7.11. The molecule has 0 atom stereocenters. The van der Waals surface area contributed by atoms with Crippen molar-refractivity contribution < 1.29 is 0 Å². The largest absolute Gasteiger partial charge is 0.297 e. The van der Waals surface area contributed by atoms with Crippen LogP contribution >= 0.6 is 11.3 Å². The molecule has 1 fully saturated rings. The summed E-state index contributed by atoms with van der Waals surface area (Å²) >= 11 is 1.74. The van der Waals surface area contributed by atoms with Gasteiger partial charge in [-0.2, -0.15) is 5.26 Å². The van der Waals surface area contributed by atoms with Gasteiger partial charge in [-0.3, -0.25) is 4.90 Å². The summed E-state index contributed by atoms with van der Waals surface area (Å²) in [6.07, 6.45) is 5.86. The van der Waals surface area contributed by atoms with Crippen LogP contribution in [0.5, 0.6) is 0 Å². The zero-order valence-corrected chi connectivity index (χ0v) is 12.8. The third-order valence-electron chi connectivity index (χ3n) is 3.62. The van der Waals surface area contributed by atoms with Crippen molar-refractivity contribution in [3.05, 3.63) is 15.6 Å². The topological polar surface area (TPSA) is 39.9 Å². The Morgan fingerprint density at radius 1 is 1.26 bits per heavy atom. The minimum absolute atomic E-state index is 0.414. The van der Waals surface area contributed by atoms with Gasteiger partial charge in [0.2, 0.25) is 0 Å². The molecule has 1 aromatic rings. The van der Waals surface area contributed by atoms with Crippen molar-refractivity contribution in [2.24, 2.45) is 0 Å². The first kappa shape index (κ1) is 14.5. The van der Waals surface area contributed by atoms with Crippen molar-refractivity contribution in [1.29, 1.82) is 5.26 Å². The van der Waals surface area contributed by atoms with Crippen molar-refractivity contribution in [3.63, 3.8) is 0 Å². The lowest BCUT2D eigenvalue weighted by molar-refractivity contribution is 0.276. The molecule has 0 amide bonds. The molecule has 4 heteroatoms. The molecule has 0 radical (unpaired) electrons. The van der Waals surface area contributed by atoms with Crippen LogP contribution in [-0.2, 0) is 13.0 Å². The fourth-order valence-corrected chi connectivity index (χ4v) is 3.81. The predicted octanol–water partition coefficient (Wildman–Crippen LogP) is 3.71. The van der Waals surface area contributed by atoms with E-state index in [1.165, 1.54) is 48.7 Å². The first-order valence-corrected chi connectivity index (χ1v) is 8.10. The van der Waals surface area contributed by atoms with Crippen molar-refractivity contribution >= 4 is 11.3 Å². The van der Waals surface area contributed by atoms with E-state index in [9.17, 15) is 0 Å². The highest BCUT2D eigenvalue weighted by Gasteiger charge is 2.16. The van der Waals surface area contributed by atoms with Gasteiger partial charge in [-0.05, 0) is 31.8 Å². The molecular formula is C15H23N3S. The van der Waals surface area contributed by atoms with Crippen LogP contribution in [0.4, 0.5) is 0 Å². The number of nitrogens with zero attached hydrogens (tertiary/aromatic N) is 3. The minimum atomic E-state index is 0.414. The third-order valence-corrected chi connectivity index (χ3v) is 4.67. The Balaban J connectivity index is 2.07. The molecular weight excluding hydrogens is 254 g/mol. The average molecular weight is 277 g/mol. The van der Waals surface area contributed by atoms with E-state index in [0.29, 0.717) is 12.3 Å². The Kier molecular flexibility index (Phi) is 5.35. The van der Waals surface area contributed by atoms with Crippen LogP contribution in [0.3, 0.4) is 0 Å². The van der Waals surface area contributed by atoms with Crippen LogP contribution < -0.4 is 0 Å². The van der Waals surface area contributed by atoms with Gasteiger partial charge in [0.25, 0.3) is 0 Å². The number of aromatic nitrogens is 1. The SMILES string of the molecule is CC(C)c1nc(CN2CCCCCC2)sc1CC#N. The van der Waals surface area contributed by atoms with Crippen molar-refractivity contribution in [2.75, 3.05) is 13.1 Å². The van der Waals surface area contributed by atoms with E-state index in [4.69, 9.17) is 10.2 Å². The van der Waals surface area contributed by atoms with Crippen LogP contribution in [0.1, 0.15) is 61.0 Å². The highest BCUT2D eigenvalue weighted by Crippen LogP contribution is 2.27. The first-order chi connectivity index (χ1) is 9.20. The van der Waals surface area contributed by atoms with Gasteiger partial charge in [0.1, 0.15) is 5.01 Å². The summed E-state index contributed by atoms with van der Waals surface area (Å²) in [5.74, 6) is 0.414. The number of rotatable bonds is 4. The van der Waals surface area contributed by atoms with Gasteiger partial charge in [-0.1, -0.05) is 26.7 Å². The molecule has 19 heavy (non-hydrogen) atoms. The normalized spacial score (nSPS) is 17.4. The number of likely N-dealkylation sites (tertiary alicyclic amines) is 1. The monoisotopic (exact) mass is 277 g/mol. The second kappa shape index (κ2) is 7.02. The molecule has 1 aromatic heterocycles. The molecule has 0 saturated carbocycles. The maximum absolute atomic E-state index is 8.91. The molecule has 0 bridgehead atoms. The van der Waals surface area contributed by atoms with E-state index >= 15 is 0 Å². The van der Waals surface area contributed by atoms with E-state index in [1.54, 1.807) is 11.3 Å². The molecule has 1 aliphatic rings. The van der Waals surface area contributed by atoms with Crippen LogP contribution in [0, 0.1) is 11.3 Å². The number of hydrogen-bond acceptors (Lipinski definition) is 4. The molecule has 2 heterocycles. The average Bonchev–Trinajstić information content (AvgIpc) is 2.59. The van der Waals surface area contributed by atoms with Gasteiger partial charge in [0, 0.05) is 4.88 Å². The molecule has 1 aliphatic heterocycles. The molecule has 104 valence electrons. The predicted molar refractivity (Wildman–Crippen MR) is 79.3 cm³/mol. The molecule has 0 aliphatic carbocycles. The highest BCUT2D eigenvalue weighted by atomic mass is 32.1. The van der Waals surface area contributed by atoms with Gasteiger partial charge in [0.05, 0.1) is 24.7 Å². The molecule has 0 aromatic carbocycles. The second-order valence-corrected chi connectivity index (χ2v) is 6.76. The van der Waals surface area contributed by atoms with Crippen LogP contribution in [0.25, 0.3) is 0 Å². The summed E-state index contributed by atoms with van der Waals surface area (Å²) in [7, 11) is 0. The summed E-state index contributed by atoms with van der Waals surface area (Å²) in [5.41, 5.74) is 1.14. The van der Waals surface area contributed by atoms with Gasteiger partial charge in [0.15, 0.2) is 0 Å². The molecule has 0 N–H and O–H groups in total. The number of thiazole rings is 1. The van der Waals surface area contributed by atoms with Gasteiger partial charge >= 0.3 is 0 Å². The van der Waals surface area contributed by atoms with Crippen LogP contribution in [-0.4, -0.2) is 23.0 Å². The standard InChI is InChI=1S/C15H23N3S/c1-12(2)15-13(7-8-16)19-14(17-15)11-18-9-5-3-4-6-10-18/h12H,3-7,9-11H2,1-2H3. The zero-order chi connectivity index (χ0) is 13.7. The molecule has 3 nitrogen and oxygen atoms in total. The quantitative estimate of drug-likeness (QED) is 0.842. The molecule has 0 unspecified atom stereocenters. The molecule has 2 rings (SSSR count). The van der Waals surface area contributed by atoms with E-state index in [2.05, 4.69) is 24.8 Å². The van der Waals surface area contributed by atoms with Gasteiger partial charge in [-0.15, -0.1) is 11.3 Å². The number of nitriles is 1. The van der Waals surface area contributed by atoms with Crippen molar-refractivity contribution in [1.82, 2.24) is 9.88 Å². The summed E-state index contributed by atoms with van der Waals surface area (Å²) in [5, 5.41) is 10.1. The lowest BCUT2D eigenvalue weighted by Crippen LogP contribution is -2.23. The maximum Gasteiger partial charge on any atom is 0.107 e. The summed E-state index contributed by atoms with van der Waals surface area (Å²) in [6.45, 7) is 7.68. The fourth-order valence-electron chi connectivity index (χ4n) is 2.62. The summed E-state index contributed by atoms with van der Waals surface area (Å²) in [6, 6.07) is 2.26. The Bertz CT molecular complexity index is 437. The molecule has 0 spiro atoms. The van der Waals surface area contributed by atoms with E-state index < -0.39 is 0 Å². The maximum atomic E-state index is 8.91. The smallest absolute Gasteiger partial charge is 0.107 e. The van der Waals surface area contributed by atoms with E-state index in [0.717, 1.165) is 12.2 Å². The van der Waals surface area contributed by atoms with Crippen molar-refractivity contribution in [3.8, 4) is 6.07 Å². The van der Waals surface area contributed by atoms with Crippen LogP contribution in [0.15, 0.2) is 0 Å². The first-order valence-electron chi connectivity index (χ1n) is 7.28. The Hall–Kier alpha value is -0.920. The lowest BCUT2D eigenvalue weighted by atomic mass is 10.1. The molecule has 1 saturated heterocycles. The van der Waals surface area contributed by atoms with E-state index in [-0.39, 0.29) is 0 Å². The van der Waals surface area contributed by atoms with Gasteiger partial charge in [-0.25, -0.2) is 4.98 Å². The second-order valence-electron chi connectivity index (χ2n) is 5.60. The van der Waals surface area contributed by atoms with Crippen molar-refractivity contribution in [2.45, 2.75) is 58.4 Å². The van der Waals surface area contributed by atoms with E-state index in [1.807, 2.05) is 0 Å². The van der Waals surface area contributed by atoms with Gasteiger partial charge < -0.3 is 0 Å². The Morgan fingerprint density at radius 3 is 2.53 bits per heavy atom. The zero-order valence-electron chi connectivity index (χ0n) is 12.0. The summed E-state index contributed by atoms with van der Waals surface area (Å²) < 4.78 is 0. The minimum Gasteiger partial charge on any atom is -0.297 e. The number of hydrogen-bond donors (Lipinski definition) is 0. The summed E-state index contributed by atoms with van der Waals surface area (Å²) in [4.78, 5) is 8.47. The third kappa shape index (κ3) is 4.02. The Morgan fingerprint density at radius 2 is 1.95 bits per heavy atom. The fraction of sp³-hybridized carbons (Fsp3) is 0.733. The Labute approximate surface area is 120 Å². The van der Waals surface area contributed by atoms with Crippen LogP contribution in [0.2, 0.25) is 0 Å².